The molecule has 1 aromatic heterocycles. The molecule has 1 N–H and O–H groups in total. The summed E-state index contributed by atoms with van der Waals surface area (Å²) in [4.78, 5) is 4.66. The van der Waals surface area contributed by atoms with Gasteiger partial charge in [0.1, 0.15) is 0 Å². The normalized spacial score (nSPS) is 30.5. The summed E-state index contributed by atoms with van der Waals surface area (Å²) in [6.07, 6.45) is 4.31. The molecule has 2 aliphatic rings. The molecule has 0 bridgehead atoms. The Kier molecular flexibility index (Phi) is 3.35. The van der Waals surface area contributed by atoms with Crippen molar-refractivity contribution in [3.8, 4) is 0 Å². The third kappa shape index (κ3) is 2.29. The summed E-state index contributed by atoms with van der Waals surface area (Å²) < 4.78 is 10.9. The number of nitrogens with zero attached hydrogens (tertiary/aromatic N) is 2. The van der Waals surface area contributed by atoms with Crippen LogP contribution in [-0.2, 0) is 10.2 Å². The van der Waals surface area contributed by atoms with E-state index in [4.69, 9.17) is 9.26 Å². The van der Waals surface area contributed by atoms with Crippen molar-refractivity contribution in [3.05, 3.63) is 11.7 Å². The molecule has 0 radical (unpaired) electrons. The molecule has 1 unspecified atom stereocenters. The molecule has 18 heavy (non-hydrogen) atoms. The topological polar surface area (TPSA) is 60.2 Å². The number of aromatic nitrogens is 2. The maximum absolute atomic E-state index is 5.52. The molecule has 0 spiro atoms. The van der Waals surface area contributed by atoms with E-state index in [0.29, 0.717) is 5.92 Å². The first-order valence-corrected chi connectivity index (χ1v) is 6.90. The van der Waals surface area contributed by atoms with Gasteiger partial charge in [0.05, 0.1) is 5.41 Å². The Balaban J connectivity index is 1.75. The molecule has 5 nitrogen and oxygen atoms in total. The van der Waals surface area contributed by atoms with Crippen molar-refractivity contribution in [2.24, 2.45) is 0 Å². The lowest BCUT2D eigenvalue weighted by Crippen LogP contribution is -2.41. The first-order valence-electron chi connectivity index (χ1n) is 6.90. The van der Waals surface area contributed by atoms with Gasteiger partial charge >= 0.3 is 0 Å². The van der Waals surface area contributed by atoms with Gasteiger partial charge in [-0.25, -0.2) is 0 Å². The quantitative estimate of drug-likeness (QED) is 0.865. The predicted molar refractivity (Wildman–Crippen MR) is 66.5 cm³/mol. The summed E-state index contributed by atoms with van der Waals surface area (Å²) >= 11 is 0. The zero-order chi connectivity index (χ0) is 12.4. The van der Waals surface area contributed by atoms with Gasteiger partial charge in [0.2, 0.25) is 5.89 Å². The van der Waals surface area contributed by atoms with Crippen LogP contribution in [0.3, 0.4) is 0 Å². The second-order valence-corrected chi connectivity index (χ2v) is 5.69. The molecule has 2 aliphatic heterocycles. The Hall–Kier alpha value is -0.940. The Labute approximate surface area is 107 Å². The van der Waals surface area contributed by atoms with Crippen LogP contribution < -0.4 is 5.32 Å². The first-order chi connectivity index (χ1) is 8.78. The average molecular weight is 251 g/mol. The minimum atomic E-state index is 0.00860. The van der Waals surface area contributed by atoms with E-state index in [-0.39, 0.29) is 5.41 Å². The predicted octanol–water partition coefficient (Wildman–Crippen LogP) is 1.60. The smallest absolute Gasteiger partial charge is 0.233 e. The highest BCUT2D eigenvalue weighted by Gasteiger charge is 2.35. The Morgan fingerprint density at radius 2 is 2.17 bits per heavy atom. The standard InChI is InChI=1S/C13H21N3O2/c1-13(5-2-6-14-9-13)12-15-11(16-18-12)10-3-7-17-8-4-10/h10,14H,2-9H2,1H3. The lowest BCUT2D eigenvalue weighted by Gasteiger charge is -2.30. The number of hydrogen-bond acceptors (Lipinski definition) is 5. The molecule has 2 fully saturated rings. The van der Waals surface area contributed by atoms with E-state index >= 15 is 0 Å². The van der Waals surface area contributed by atoms with Crippen LogP contribution in [-0.4, -0.2) is 36.4 Å². The van der Waals surface area contributed by atoms with Gasteiger partial charge in [-0.2, -0.15) is 4.98 Å². The van der Waals surface area contributed by atoms with Gasteiger partial charge in [0, 0.05) is 25.7 Å². The summed E-state index contributed by atoms with van der Waals surface area (Å²) in [7, 11) is 0. The second kappa shape index (κ2) is 4.97. The molecule has 3 rings (SSSR count). The van der Waals surface area contributed by atoms with Gasteiger partial charge in [-0.05, 0) is 39.2 Å². The summed E-state index contributed by atoms with van der Waals surface area (Å²) in [5.41, 5.74) is 0.00860. The number of rotatable bonds is 2. The van der Waals surface area contributed by atoms with Crippen molar-refractivity contribution in [1.82, 2.24) is 15.5 Å². The number of ether oxygens (including phenoxy) is 1. The maximum Gasteiger partial charge on any atom is 0.233 e. The maximum atomic E-state index is 5.52. The van der Waals surface area contributed by atoms with Crippen LogP contribution in [0.5, 0.6) is 0 Å². The van der Waals surface area contributed by atoms with Crippen LogP contribution in [0.25, 0.3) is 0 Å². The second-order valence-electron chi connectivity index (χ2n) is 5.69. The van der Waals surface area contributed by atoms with E-state index in [1.165, 1.54) is 6.42 Å². The third-order valence-electron chi connectivity index (χ3n) is 4.14. The molecule has 0 saturated carbocycles. The summed E-state index contributed by atoms with van der Waals surface area (Å²) in [6.45, 7) is 5.86. The third-order valence-corrected chi connectivity index (χ3v) is 4.14. The molecule has 100 valence electrons. The monoisotopic (exact) mass is 251 g/mol. The fourth-order valence-corrected chi connectivity index (χ4v) is 2.84. The van der Waals surface area contributed by atoms with E-state index in [0.717, 1.165) is 57.3 Å². The summed E-state index contributed by atoms with van der Waals surface area (Å²) in [5, 5.41) is 7.61. The van der Waals surface area contributed by atoms with Gasteiger partial charge in [-0.1, -0.05) is 5.16 Å². The van der Waals surface area contributed by atoms with Crippen LogP contribution in [0.2, 0.25) is 0 Å². The van der Waals surface area contributed by atoms with Gasteiger partial charge in [0.15, 0.2) is 5.82 Å². The van der Waals surface area contributed by atoms with E-state index in [1.807, 2.05) is 0 Å². The molecule has 0 aromatic carbocycles. The van der Waals surface area contributed by atoms with Crippen molar-refractivity contribution in [3.63, 3.8) is 0 Å². The number of hydrogen-bond donors (Lipinski definition) is 1. The van der Waals surface area contributed by atoms with Crippen molar-refractivity contribution < 1.29 is 9.26 Å². The largest absolute Gasteiger partial charge is 0.381 e. The molecular weight excluding hydrogens is 230 g/mol. The molecule has 2 saturated heterocycles. The van der Waals surface area contributed by atoms with E-state index in [1.54, 1.807) is 0 Å². The fourth-order valence-electron chi connectivity index (χ4n) is 2.84. The molecule has 5 heteroatoms. The Morgan fingerprint density at radius 1 is 1.33 bits per heavy atom. The van der Waals surface area contributed by atoms with Crippen LogP contribution in [0.4, 0.5) is 0 Å². The van der Waals surface area contributed by atoms with Crippen LogP contribution in [0.15, 0.2) is 4.52 Å². The molecule has 0 amide bonds. The Bertz CT molecular complexity index is 393. The highest BCUT2D eigenvalue weighted by Crippen LogP contribution is 2.31. The minimum Gasteiger partial charge on any atom is -0.381 e. The van der Waals surface area contributed by atoms with E-state index < -0.39 is 0 Å². The summed E-state index contributed by atoms with van der Waals surface area (Å²) in [6, 6.07) is 0. The summed E-state index contributed by atoms with van der Waals surface area (Å²) in [5.74, 6) is 2.09. The fraction of sp³-hybridized carbons (Fsp3) is 0.846. The molecule has 1 atom stereocenters. The van der Waals surface area contributed by atoms with Crippen LogP contribution >= 0.6 is 0 Å². The van der Waals surface area contributed by atoms with E-state index in [2.05, 4.69) is 22.4 Å². The lowest BCUT2D eigenvalue weighted by molar-refractivity contribution is 0.0830. The van der Waals surface area contributed by atoms with Crippen molar-refractivity contribution in [2.75, 3.05) is 26.3 Å². The van der Waals surface area contributed by atoms with Gasteiger partial charge in [-0.3, -0.25) is 0 Å². The molecule has 1 aromatic rings. The average Bonchev–Trinajstić information content (AvgIpc) is 2.91. The lowest BCUT2D eigenvalue weighted by atomic mass is 9.82. The highest BCUT2D eigenvalue weighted by molar-refractivity contribution is 5.08. The van der Waals surface area contributed by atoms with E-state index in [9.17, 15) is 0 Å². The zero-order valence-corrected chi connectivity index (χ0v) is 10.9. The van der Waals surface area contributed by atoms with Crippen molar-refractivity contribution in [2.45, 2.75) is 43.9 Å². The number of nitrogens with one attached hydrogen (secondary N) is 1. The van der Waals surface area contributed by atoms with Crippen LogP contribution in [0, 0.1) is 0 Å². The van der Waals surface area contributed by atoms with Crippen molar-refractivity contribution >= 4 is 0 Å². The van der Waals surface area contributed by atoms with Gasteiger partial charge in [0.25, 0.3) is 0 Å². The SMILES string of the molecule is CC1(c2nc(C3CCOCC3)no2)CCCNC1. The minimum absolute atomic E-state index is 0.00860. The number of piperidine rings is 1. The molecule has 0 aliphatic carbocycles. The van der Waals surface area contributed by atoms with Crippen molar-refractivity contribution in [1.29, 1.82) is 0 Å². The highest BCUT2D eigenvalue weighted by atomic mass is 16.5. The first kappa shape index (κ1) is 12.1. The molecular formula is C13H21N3O2. The zero-order valence-electron chi connectivity index (χ0n) is 10.9. The van der Waals surface area contributed by atoms with Crippen LogP contribution in [0.1, 0.15) is 50.2 Å². The van der Waals surface area contributed by atoms with Gasteiger partial charge in [-0.15, -0.1) is 0 Å². The molecule has 3 heterocycles. The van der Waals surface area contributed by atoms with Gasteiger partial charge < -0.3 is 14.6 Å². The Morgan fingerprint density at radius 3 is 2.89 bits per heavy atom.